The smallest absolute Gasteiger partial charge is 0.275 e. The molecular formula is C24H28N4O2. The van der Waals surface area contributed by atoms with Crippen molar-refractivity contribution in [2.75, 3.05) is 23.3 Å². The number of amides is 1. The third-order valence-corrected chi connectivity index (χ3v) is 5.97. The van der Waals surface area contributed by atoms with Crippen molar-refractivity contribution in [3.05, 3.63) is 63.9 Å². The first-order valence-corrected chi connectivity index (χ1v) is 10.5. The number of para-hydroxylation sites is 1. The summed E-state index contributed by atoms with van der Waals surface area (Å²) in [5, 5.41) is 9.05. The van der Waals surface area contributed by atoms with Gasteiger partial charge in [-0.05, 0) is 49.8 Å². The highest BCUT2D eigenvalue weighted by Crippen LogP contribution is 2.27. The topological polar surface area (TPSA) is 67.2 Å². The first-order valence-electron chi connectivity index (χ1n) is 10.5. The number of rotatable bonds is 4. The summed E-state index contributed by atoms with van der Waals surface area (Å²) in [6.45, 7) is 7.88. The van der Waals surface area contributed by atoms with E-state index in [2.05, 4.69) is 22.2 Å². The highest BCUT2D eigenvalue weighted by molar-refractivity contribution is 5.94. The van der Waals surface area contributed by atoms with E-state index in [1.165, 1.54) is 4.68 Å². The first kappa shape index (κ1) is 20.1. The number of carbonyl (C=O) groups excluding carboxylic acids is 1. The zero-order chi connectivity index (χ0) is 21.3. The molecule has 6 heteroatoms. The Morgan fingerprint density at radius 2 is 1.67 bits per heavy atom. The zero-order valence-corrected chi connectivity index (χ0v) is 17.8. The van der Waals surface area contributed by atoms with E-state index in [1.807, 2.05) is 56.3 Å². The Morgan fingerprint density at radius 3 is 2.33 bits per heavy atom. The van der Waals surface area contributed by atoms with E-state index in [9.17, 15) is 9.59 Å². The number of benzene rings is 2. The number of nitrogens with zero attached hydrogens (tertiary/aromatic N) is 3. The maximum Gasteiger partial charge on any atom is 0.275 e. The van der Waals surface area contributed by atoms with Crippen LogP contribution in [-0.2, 0) is 11.3 Å². The molecule has 0 unspecified atom stereocenters. The van der Waals surface area contributed by atoms with Gasteiger partial charge < -0.3 is 10.2 Å². The lowest BCUT2D eigenvalue weighted by atomic mass is 9.99. The van der Waals surface area contributed by atoms with Crippen molar-refractivity contribution in [2.45, 2.75) is 40.2 Å². The second-order valence-corrected chi connectivity index (χ2v) is 8.32. The quantitative estimate of drug-likeness (QED) is 0.716. The Bertz CT molecular complexity index is 1120. The minimum Gasteiger partial charge on any atom is -0.355 e. The summed E-state index contributed by atoms with van der Waals surface area (Å²) in [4.78, 5) is 28.1. The summed E-state index contributed by atoms with van der Waals surface area (Å²) in [6.07, 6.45) is 2.20. The molecular weight excluding hydrogens is 376 g/mol. The van der Waals surface area contributed by atoms with Crippen LogP contribution in [-0.4, -0.2) is 28.8 Å². The average Bonchev–Trinajstić information content (AvgIpc) is 2.74. The summed E-state index contributed by atoms with van der Waals surface area (Å²) in [6, 6.07) is 13.4. The molecule has 0 bridgehead atoms. The molecule has 6 nitrogen and oxygen atoms in total. The molecule has 1 aliphatic heterocycles. The van der Waals surface area contributed by atoms with Crippen LogP contribution >= 0.6 is 0 Å². The molecule has 1 amide bonds. The van der Waals surface area contributed by atoms with Gasteiger partial charge >= 0.3 is 0 Å². The largest absolute Gasteiger partial charge is 0.355 e. The first-order chi connectivity index (χ1) is 14.4. The van der Waals surface area contributed by atoms with E-state index >= 15 is 0 Å². The van der Waals surface area contributed by atoms with Crippen LogP contribution in [0.15, 0.2) is 47.3 Å². The van der Waals surface area contributed by atoms with E-state index in [0.717, 1.165) is 53.9 Å². The molecule has 0 atom stereocenters. The van der Waals surface area contributed by atoms with Crippen molar-refractivity contribution < 1.29 is 4.79 Å². The minimum atomic E-state index is -0.254. The molecule has 156 valence electrons. The molecule has 4 rings (SSSR count). The van der Waals surface area contributed by atoms with E-state index in [1.54, 1.807) is 0 Å². The molecule has 0 saturated carbocycles. The maximum absolute atomic E-state index is 13.0. The lowest BCUT2D eigenvalue weighted by Gasteiger charge is -2.32. The van der Waals surface area contributed by atoms with Crippen LogP contribution in [0.5, 0.6) is 0 Å². The molecule has 3 aromatic rings. The number of piperidine rings is 1. The zero-order valence-electron chi connectivity index (χ0n) is 17.8. The fraction of sp³-hybridized carbons (Fsp3) is 0.375. The Kier molecular flexibility index (Phi) is 5.57. The van der Waals surface area contributed by atoms with E-state index in [-0.39, 0.29) is 18.0 Å². The number of nitrogens with one attached hydrogen (secondary N) is 1. The van der Waals surface area contributed by atoms with Crippen molar-refractivity contribution in [2.24, 2.45) is 5.92 Å². The Balaban J connectivity index is 1.68. The number of aromatic nitrogens is 2. The van der Waals surface area contributed by atoms with Crippen molar-refractivity contribution in [3.8, 4) is 0 Å². The number of aryl methyl sites for hydroxylation is 2. The molecule has 30 heavy (non-hydrogen) atoms. The summed E-state index contributed by atoms with van der Waals surface area (Å²) >= 11 is 0. The SMILES string of the molecule is Cc1cccc(C)c1NC(=O)Cn1nc(N2CCC(C)CC2)c2ccccc2c1=O. The fourth-order valence-corrected chi connectivity index (χ4v) is 4.10. The van der Waals surface area contributed by atoms with Crippen molar-refractivity contribution in [1.82, 2.24) is 9.78 Å². The summed E-state index contributed by atoms with van der Waals surface area (Å²) < 4.78 is 1.30. The van der Waals surface area contributed by atoms with Gasteiger partial charge in [0.2, 0.25) is 5.91 Å². The molecule has 0 spiro atoms. The molecule has 1 aliphatic rings. The van der Waals surface area contributed by atoms with Crippen molar-refractivity contribution >= 4 is 28.2 Å². The Labute approximate surface area is 176 Å². The Morgan fingerprint density at radius 1 is 1.03 bits per heavy atom. The average molecular weight is 405 g/mol. The van der Waals surface area contributed by atoms with Gasteiger partial charge in [0.05, 0.1) is 5.39 Å². The van der Waals surface area contributed by atoms with Gasteiger partial charge in [0.25, 0.3) is 5.56 Å². The normalized spacial score (nSPS) is 14.8. The van der Waals surface area contributed by atoms with Crippen molar-refractivity contribution in [1.29, 1.82) is 0 Å². The number of anilines is 2. The molecule has 2 heterocycles. The number of hydrogen-bond acceptors (Lipinski definition) is 4. The fourth-order valence-electron chi connectivity index (χ4n) is 4.10. The van der Waals surface area contributed by atoms with Crippen LogP contribution in [0, 0.1) is 19.8 Å². The number of hydrogen-bond donors (Lipinski definition) is 1. The van der Waals surface area contributed by atoms with Crippen LogP contribution in [0.1, 0.15) is 30.9 Å². The van der Waals surface area contributed by atoms with E-state index in [0.29, 0.717) is 11.3 Å². The Hall–Kier alpha value is -3.15. The second-order valence-electron chi connectivity index (χ2n) is 8.32. The molecule has 0 aliphatic carbocycles. The van der Waals surface area contributed by atoms with Gasteiger partial charge in [0.15, 0.2) is 5.82 Å². The van der Waals surface area contributed by atoms with Gasteiger partial charge in [0.1, 0.15) is 6.54 Å². The summed E-state index contributed by atoms with van der Waals surface area (Å²) in [5.74, 6) is 1.23. The predicted octanol–water partition coefficient (Wildman–Crippen LogP) is 3.89. The van der Waals surface area contributed by atoms with Gasteiger partial charge in [0, 0.05) is 24.2 Å². The lowest BCUT2D eigenvalue weighted by Crippen LogP contribution is -2.37. The van der Waals surface area contributed by atoms with E-state index in [4.69, 9.17) is 0 Å². The molecule has 1 aromatic heterocycles. The highest BCUT2D eigenvalue weighted by Gasteiger charge is 2.21. The number of carbonyl (C=O) groups is 1. The summed E-state index contributed by atoms with van der Waals surface area (Å²) in [7, 11) is 0. The lowest BCUT2D eigenvalue weighted by molar-refractivity contribution is -0.117. The van der Waals surface area contributed by atoms with Crippen LogP contribution < -0.4 is 15.8 Å². The molecule has 1 N–H and O–H groups in total. The van der Waals surface area contributed by atoms with Gasteiger partial charge in [-0.2, -0.15) is 5.10 Å². The molecule has 0 radical (unpaired) electrons. The van der Waals surface area contributed by atoms with Crippen LogP contribution in [0.4, 0.5) is 11.5 Å². The van der Waals surface area contributed by atoms with Crippen LogP contribution in [0.2, 0.25) is 0 Å². The molecule has 1 saturated heterocycles. The van der Waals surface area contributed by atoms with Crippen molar-refractivity contribution in [3.63, 3.8) is 0 Å². The van der Waals surface area contributed by atoms with Gasteiger partial charge in [-0.25, -0.2) is 4.68 Å². The maximum atomic E-state index is 13.0. The van der Waals surface area contributed by atoms with Gasteiger partial charge in [-0.1, -0.05) is 43.3 Å². The predicted molar refractivity (Wildman–Crippen MR) is 121 cm³/mol. The standard InChI is InChI=1S/C24H28N4O2/c1-16-11-13-27(14-12-16)23-19-9-4-5-10-20(19)24(30)28(26-23)15-21(29)25-22-17(2)7-6-8-18(22)3/h4-10,16H,11-15H2,1-3H3,(H,25,29). The highest BCUT2D eigenvalue weighted by atomic mass is 16.2. The second kappa shape index (κ2) is 8.30. The van der Waals surface area contributed by atoms with Crippen LogP contribution in [0.3, 0.4) is 0 Å². The molecule has 2 aromatic carbocycles. The molecule has 1 fully saturated rings. The summed E-state index contributed by atoms with van der Waals surface area (Å²) in [5.41, 5.74) is 2.54. The third-order valence-electron chi connectivity index (χ3n) is 5.97. The monoisotopic (exact) mass is 404 g/mol. The van der Waals surface area contributed by atoms with Crippen LogP contribution in [0.25, 0.3) is 10.8 Å². The van der Waals surface area contributed by atoms with Gasteiger partial charge in [-0.3, -0.25) is 9.59 Å². The van der Waals surface area contributed by atoms with E-state index < -0.39 is 0 Å². The third kappa shape index (κ3) is 3.95. The van der Waals surface area contributed by atoms with Gasteiger partial charge in [-0.15, -0.1) is 0 Å². The minimum absolute atomic E-state index is 0.116. The number of fused-ring (bicyclic) bond motifs is 1.